The molecule has 0 bridgehead atoms. The summed E-state index contributed by atoms with van der Waals surface area (Å²) in [6.45, 7) is 4.33. The van der Waals surface area contributed by atoms with Gasteiger partial charge in [-0.15, -0.1) is 0 Å². The summed E-state index contributed by atoms with van der Waals surface area (Å²) in [5.74, 6) is -0.276. The molecule has 0 aliphatic rings. The van der Waals surface area contributed by atoms with Crippen LogP contribution in [0.5, 0.6) is 0 Å². The molecule has 0 unspecified atom stereocenters. The molecular weight excluding hydrogens is 456 g/mol. The Balaban J connectivity index is 1.74. The van der Waals surface area contributed by atoms with Gasteiger partial charge >= 0.3 is 0 Å². The number of thiazole rings is 1. The van der Waals surface area contributed by atoms with E-state index in [1.807, 2.05) is 38.1 Å². The Labute approximate surface area is 197 Å². The molecule has 33 heavy (non-hydrogen) atoms. The van der Waals surface area contributed by atoms with Crippen LogP contribution in [0.1, 0.15) is 27.2 Å². The molecule has 1 amide bonds. The largest absolute Gasteiger partial charge is 0.278 e. The molecule has 2 aromatic carbocycles. The third kappa shape index (κ3) is 4.66. The number of pyridine rings is 1. The van der Waals surface area contributed by atoms with E-state index in [0.29, 0.717) is 10.7 Å². The molecule has 0 spiro atoms. The van der Waals surface area contributed by atoms with Gasteiger partial charge in [0.2, 0.25) is 10.0 Å². The highest BCUT2D eigenvalue weighted by molar-refractivity contribution is 7.89. The molecule has 0 aliphatic heterocycles. The lowest BCUT2D eigenvalue weighted by molar-refractivity contribution is 0.0984. The average Bonchev–Trinajstić information content (AvgIpc) is 3.20. The van der Waals surface area contributed by atoms with E-state index in [2.05, 4.69) is 11.1 Å². The minimum atomic E-state index is -3.58. The number of amides is 1. The summed E-state index contributed by atoms with van der Waals surface area (Å²) >= 11 is 1.45. The summed E-state index contributed by atoms with van der Waals surface area (Å²) in [6.07, 6.45) is 1.68. The maximum atomic E-state index is 13.6. The Morgan fingerprint density at radius 1 is 1.00 bits per heavy atom. The first kappa shape index (κ1) is 23.0. The van der Waals surface area contributed by atoms with Gasteiger partial charge in [0.25, 0.3) is 5.91 Å². The number of carbonyl (C=O) groups excluding carboxylic acids is 1. The van der Waals surface area contributed by atoms with E-state index in [-0.39, 0.29) is 17.3 Å². The van der Waals surface area contributed by atoms with Gasteiger partial charge < -0.3 is 0 Å². The fraction of sp³-hybridized carbons (Fsp3) is 0.208. The molecule has 170 valence electrons. The van der Waals surface area contributed by atoms with E-state index in [1.165, 1.54) is 49.7 Å². The Hall–Kier alpha value is -3.14. The molecule has 9 heteroatoms. The number of hydrogen-bond acceptors (Lipinski definition) is 6. The van der Waals surface area contributed by atoms with Crippen LogP contribution >= 0.6 is 11.3 Å². The molecule has 0 radical (unpaired) electrons. The maximum Gasteiger partial charge on any atom is 0.260 e. The van der Waals surface area contributed by atoms with Crippen LogP contribution in [0.2, 0.25) is 0 Å². The minimum absolute atomic E-state index is 0.131. The van der Waals surface area contributed by atoms with Gasteiger partial charge in [0.05, 0.1) is 27.4 Å². The zero-order valence-corrected chi connectivity index (χ0v) is 20.4. The molecule has 4 aromatic rings. The normalized spacial score (nSPS) is 11.8. The number of nitrogens with zero attached hydrogens (tertiary/aromatic N) is 4. The number of hydrogen-bond donors (Lipinski definition) is 0. The standard InChI is InChI=1S/C24H24N4O3S2/c1-16-13-21-22(14-17(16)2)32-24(26-21)28(15-19-7-5-6-12-25-19)23(29)18-8-10-20(11-9-18)33(30,31)27(3)4/h5-14H,15H2,1-4H3. The molecule has 0 saturated carbocycles. The van der Waals surface area contributed by atoms with Gasteiger partial charge in [-0.05, 0) is 73.5 Å². The van der Waals surface area contributed by atoms with Gasteiger partial charge in [0.15, 0.2) is 5.13 Å². The highest BCUT2D eigenvalue weighted by atomic mass is 32.2. The van der Waals surface area contributed by atoms with E-state index in [0.717, 1.165) is 31.3 Å². The van der Waals surface area contributed by atoms with Crippen molar-refractivity contribution in [1.29, 1.82) is 0 Å². The quantitative estimate of drug-likeness (QED) is 0.408. The van der Waals surface area contributed by atoms with Crippen LogP contribution in [0.4, 0.5) is 5.13 Å². The highest BCUT2D eigenvalue weighted by Crippen LogP contribution is 2.32. The molecule has 0 saturated heterocycles. The molecule has 0 fully saturated rings. The van der Waals surface area contributed by atoms with Crippen molar-refractivity contribution in [2.45, 2.75) is 25.3 Å². The van der Waals surface area contributed by atoms with Crippen molar-refractivity contribution in [3.8, 4) is 0 Å². The molecular formula is C24H24N4O3S2. The summed E-state index contributed by atoms with van der Waals surface area (Å²) in [6, 6.07) is 15.6. The second kappa shape index (κ2) is 9.01. The first-order chi connectivity index (χ1) is 15.7. The lowest BCUT2D eigenvalue weighted by atomic mass is 10.1. The maximum absolute atomic E-state index is 13.6. The fourth-order valence-corrected chi connectivity index (χ4v) is 5.24. The molecule has 0 N–H and O–H groups in total. The number of benzene rings is 2. The van der Waals surface area contributed by atoms with E-state index >= 15 is 0 Å². The van der Waals surface area contributed by atoms with Gasteiger partial charge in [-0.3, -0.25) is 14.7 Å². The lowest BCUT2D eigenvalue weighted by Gasteiger charge is -2.20. The van der Waals surface area contributed by atoms with E-state index in [1.54, 1.807) is 11.1 Å². The number of aryl methyl sites for hydroxylation is 2. The Bertz CT molecular complexity index is 1370. The van der Waals surface area contributed by atoms with Gasteiger partial charge in [0, 0.05) is 25.9 Å². The van der Waals surface area contributed by atoms with Crippen molar-refractivity contribution in [3.63, 3.8) is 0 Å². The Kier molecular flexibility index (Phi) is 6.29. The van der Waals surface area contributed by atoms with Crippen molar-refractivity contribution in [1.82, 2.24) is 14.3 Å². The predicted molar refractivity (Wildman–Crippen MR) is 131 cm³/mol. The number of fused-ring (bicyclic) bond motifs is 1. The summed E-state index contributed by atoms with van der Waals surface area (Å²) in [5, 5.41) is 0.565. The van der Waals surface area contributed by atoms with Gasteiger partial charge in [-0.1, -0.05) is 17.4 Å². The summed E-state index contributed by atoms with van der Waals surface area (Å²) in [7, 11) is -0.634. The molecule has 7 nitrogen and oxygen atoms in total. The molecule has 0 atom stereocenters. The van der Waals surface area contributed by atoms with Crippen molar-refractivity contribution < 1.29 is 13.2 Å². The van der Waals surface area contributed by atoms with Crippen LogP contribution in [0, 0.1) is 13.8 Å². The van der Waals surface area contributed by atoms with E-state index < -0.39 is 10.0 Å². The second-order valence-electron chi connectivity index (χ2n) is 7.92. The van der Waals surface area contributed by atoms with Gasteiger partial charge in [0.1, 0.15) is 0 Å². The number of aromatic nitrogens is 2. The smallest absolute Gasteiger partial charge is 0.260 e. The van der Waals surface area contributed by atoms with Crippen molar-refractivity contribution in [2.24, 2.45) is 0 Å². The summed E-state index contributed by atoms with van der Waals surface area (Å²) in [5.41, 5.74) is 4.24. The molecule has 2 heterocycles. The molecule has 0 aliphatic carbocycles. The zero-order chi connectivity index (χ0) is 23.8. The first-order valence-electron chi connectivity index (χ1n) is 10.3. The van der Waals surface area contributed by atoms with Gasteiger partial charge in [-0.2, -0.15) is 0 Å². The van der Waals surface area contributed by atoms with Gasteiger partial charge in [-0.25, -0.2) is 17.7 Å². The number of anilines is 1. The Morgan fingerprint density at radius 3 is 2.33 bits per heavy atom. The van der Waals surface area contributed by atoms with Crippen molar-refractivity contribution in [2.75, 3.05) is 19.0 Å². The van der Waals surface area contributed by atoms with Crippen LogP contribution in [0.15, 0.2) is 65.7 Å². The van der Waals surface area contributed by atoms with Crippen LogP contribution in [0.25, 0.3) is 10.2 Å². The van der Waals surface area contributed by atoms with Crippen LogP contribution < -0.4 is 4.90 Å². The van der Waals surface area contributed by atoms with Crippen LogP contribution in [-0.2, 0) is 16.6 Å². The van der Waals surface area contributed by atoms with E-state index in [4.69, 9.17) is 4.98 Å². The summed E-state index contributed by atoms with van der Waals surface area (Å²) < 4.78 is 26.9. The van der Waals surface area contributed by atoms with Crippen molar-refractivity contribution >= 4 is 42.6 Å². The number of rotatable bonds is 6. The SMILES string of the molecule is Cc1cc2nc(N(Cc3ccccn3)C(=O)c3ccc(S(=O)(=O)N(C)C)cc3)sc2cc1C. The second-order valence-corrected chi connectivity index (χ2v) is 11.1. The lowest BCUT2D eigenvalue weighted by Crippen LogP contribution is -2.30. The Morgan fingerprint density at radius 2 is 1.70 bits per heavy atom. The monoisotopic (exact) mass is 480 g/mol. The fourth-order valence-electron chi connectivity index (χ4n) is 3.30. The molecule has 4 rings (SSSR count). The third-order valence-corrected chi connectivity index (χ3v) is 8.27. The molecule has 2 aromatic heterocycles. The van der Waals surface area contributed by atoms with E-state index in [9.17, 15) is 13.2 Å². The van der Waals surface area contributed by atoms with Crippen LogP contribution in [0.3, 0.4) is 0 Å². The number of carbonyl (C=O) groups is 1. The summed E-state index contributed by atoms with van der Waals surface area (Å²) in [4.78, 5) is 24.4. The highest BCUT2D eigenvalue weighted by Gasteiger charge is 2.24. The average molecular weight is 481 g/mol. The zero-order valence-electron chi connectivity index (χ0n) is 18.8. The first-order valence-corrected chi connectivity index (χ1v) is 12.5. The topological polar surface area (TPSA) is 83.5 Å². The predicted octanol–water partition coefficient (Wildman–Crippen LogP) is 4.41. The van der Waals surface area contributed by atoms with Crippen LogP contribution in [-0.4, -0.2) is 42.7 Å². The minimum Gasteiger partial charge on any atom is -0.278 e. The number of sulfonamides is 1. The third-order valence-electron chi connectivity index (χ3n) is 5.39. The van der Waals surface area contributed by atoms with Crippen molar-refractivity contribution in [3.05, 3.63) is 83.2 Å².